The van der Waals surface area contributed by atoms with E-state index in [-0.39, 0.29) is 23.3 Å². The number of carbonyl (C=O) groups is 3. The second-order valence-corrected chi connectivity index (χ2v) is 12.9. The lowest BCUT2D eigenvalue weighted by Gasteiger charge is -2.46. The molecule has 1 unspecified atom stereocenters. The monoisotopic (exact) mass is 504 g/mol. The molecule has 35 heavy (non-hydrogen) atoms. The van der Waals surface area contributed by atoms with E-state index in [9.17, 15) is 22.8 Å². The number of amides is 3. The average Bonchev–Trinajstić information content (AvgIpc) is 2.75. The van der Waals surface area contributed by atoms with E-state index in [1.807, 2.05) is 46.4 Å². The molecule has 2 aliphatic heterocycles. The van der Waals surface area contributed by atoms with Crippen molar-refractivity contribution in [2.75, 3.05) is 13.1 Å². The highest BCUT2D eigenvalue weighted by molar-refractivity contribution is 7.89. The third-order valence-electron chi connectivity index (χ3n) is 6.53. The van der Waals surface area contributed by atoms with Crippen molar-refractivity contribution in [1.82, 2.24) is 19.8 Å². The van der Waals surface area contributed by atoms with Crippen LogP contribution in [0.25, 0.3) is 0 Å². The molecule has 10 heteroatoms. The first kappa shape index (κ1) is 26.7. The van der Waals surface area contributed by atoms with Gasteiger partial charge in [-0.2, -0.15) is 0 Å². The van der Waals surface area contributed by atoms with E-state index < -0.39 is 38.7 Å². The lowest BCUT2D eigenvalue weighted by atomic mass is 9.78. The first-order chi connectivity index (χ1) is 16.1. The second kappa shape index (κ2) is 9.64. The number of nitrogens with zero attached hydrogens (tertiary/aromatic N) is 2. The molecule has 9 nitrogen and oxygen atoms in total. The molecule has 0 bridgehead atoms. The zero-order valence-corrected chi connectivity index (χ0v) is 22.1. The summed E-state index contributed by atoms with van der Waals surface area (Å²) < 4.78 is 27.4. The van der Waals surface area contributed by atoms with Crippen molar-refractivity contribution in [3.05, 3.63) is 42.2 Å². The Labute approximate surface area is 208 Å². The number of sulfonamides is 1. The minimum Gasteiger partial charge on any atom is -0.353 e. The lowest BCUT2D eigenvalue weighted by Crippen LogP contribution is -2.59. The van der Waals surface area contributed by atoms with Gasteiger partial charge >= 0.3 is 0 Å². The molecule has 2 N–H and O–H groups in total. The van der Waals surface area contributed by atoms with Crippen molar-refractivity contribution in [2.45, 2.75) is 71.4 Å². The SMILES string of the molecule is Cc1ccc(S(=O)(=O)N2C=CNC(=O)[C@H]2CC(=O)NC2CCN(C(=O)C(C)(C)C)CC2(C)C)cc1. The maximum Gasteiger partial charge on any atom is 0.264 e. The Balaban J connectivity index is 1.72. The van der Waals surface area contributed by atoms with Crippen LogP contribution >= 0.6 is 0 Å². The van der Waals surface area contributed by atoms with Gasteiger partial charge in [-0.25, -0.2) is 8.42 Å². The van der Waals surface area contributed by atoms with Crippen LogP contribution in [0, 0.1) is 17.8 Å². The number of carbonyl (C=O) groups excluding carboxylic acids is 3. The molecule has 192 valence electrons. The predicted molar refractivity (Wildman–Crippen MR) is 132 cm³/mol. The predicted octanol–water partition coefficient (Wildman–Crippen LogP) is 2.13. The molecule has 0 spiro atoms. The van der Waals surface area contributed by atoms with Gasteiger partial charge in [0.05, 0.1) is 11.3 Å². The third-order valence-corrected chi connectivity index (χ3v) is 8.32. The number of rotatable bonds is 5. The number of hydrogen-bond donors (Lipinski definition) is 2. The molecule has 0 aromatic heterocycles. The van der Waals surface area contributed by atoms with Crippen LogP contribution < -0.4 is 10.6 Å². The van der Waals surface area contributed by atoms with Crippen molar-refractivity contribution < 1.29 is 22.8 Å². The van der Waals surface area contributed by atoms with Gasteiger partial charge in [-0.15, -0.1) is 0 Å². The quantitative estimate of drug-likeness (QED) is 0.637. The summed E-state index contributed by atoms with van der Waals surface area (Å²) in [5, 5.41) is 5.49. The summed E-state index contributed by atoms with van der Waals surface area (Å²) in [5.41, 5.74) is 0.0298. The van der Waals surface area contributed by atoms with E-state index >= 15 is 0 Å². The summed E-state index contributed by atoms with van der Waals surface area (Å²) in [5.74, 6) is -0.917. The smallest absolute Gasteiger partial charge is 0.264 e. The molecular weight excluding hydrogens is 468 g/mol. The molecule has 0 aliphatic carbocycles. The van der Waals surface area contributed by atoms with Gasteiger partial charge in [0.15, 0.2) is 0 Å². The maximum absolute atomic E-state index is 13.2. The molecule has 2 heterocycles. The zero-order valence-electron chi connectivity index (χ0n) is 21.3. The Morgan fingerprint density at radius 2 is 1.80 bits per heavy atom. The van der Waals surface area contributed by atoms with Crippen molar-refractivity contribution >= 4 is 27.7 Å². The van der Waals surface area contributed by atoms with E-state index in [1.54, 1.807) is 12.1 Å². The molecular formula is C25H36N4O5S. The topological polar surface area (TPSA) is 116 Å². The van der Waals surface area contributed by atoms with E-state index in [1.165, 1.54) is 24.5 Å². The number of benzene rings is 1. The number of hydrogen-bond acceptors (Lipinski definition) is 5. The molecule has 1 aromatic carbocycles. The fourth-order valence-electron chi connectivity index (χ4n) is 4.47. The minimum atomic E-state index is -4.03. The van der Waals surface area contributed by atoms with Gasteiger partial charge in [-0.1, -0.05) is 52.3 Å². The summed E-state index contributed by atoms with van der Waals surface area (Å²) in [6.07, 6.45) is 2.78. The Morgan fingerprint density at radius 1 is 1.17 bits per heavy atom. The van der Waals surface area contributed by atoms with Gasteiger partial charge in [0, 0.05) is 42.4 Å². The molecule has 1 aromatic rings. The average molecular weight is 505 g/mol. The van der Waals surface area contributed by atoms with Crippen LogP contribution in [0.2, 0.25) is 0 Å². The van der Waals surface area contributed by atoms with Crippen LogP contribution in [0.15, 0.2) is 41.6 Å². The molecule has 1 fully saturated rings. The lowest BCUT2D eigenvalue weighted by molar-refractivity contribution is -0.143. The van der Waals surface area contributed by atoms with E-state index in [0.29, 0.717) is 19.5 Å². The molecule has 1 saturated heterocycles. The Kier molecular flexibility index (Phi) is 7.36. The van der Waals surface area contributed by atoms with Gasteiger partial charge < -0.3 is 15.5 Å². The molecule has 2 atom stereocenters. The Bertz CT molecular complexity index is 1120. The third kappa shape index (κ3) is 5.86. The zero-order chi connectivity index (χ0) is 26.2. The van der Waals surface area contributed by atoms with Crippen LogP contribution in [0.1, 0.15) is 53.0 Å². The normalized spacial score (nSPS) is 22.5. The van der Waals surface area contributed by atoms with E-state index in [0.717, 1.165) is 9.87 Å². The Morgan fingerprint density at radius 3 is 2.37 bits per heavy atom. The summed E-state index contributed by atoms with van der Waals surface area (Å²) in [6, 6.07) is 4.90. The van der Waals surface area contributed by atoms with Crippen molar-refractivity contribution in [1.29, 1.82) is 0 Å². The van der Waals surface area contributed by atoms with Gasteiger partial charge in [0.2, 0.25) is 17.7 Å². The molecule has 2 aliphatic rings. The summed E-state index contributed by atoms with van der Waals surface area (Å²) in [4.78, 5) is 40.2. The number of nitrogens with one attached hydrogen (secondary N) is 2. The fourth-order valence-corrected chi connectivity index (χ4v) is 5.92. The van der Waals surface area contributed by atoms with E-state index in [2.05, 4.69) is 10.6 Å². The van der Waals surface area contributed by atoms with Crippen molar-refractivity contribution in [3.8, 4) is 0 Å². The van der Waals surface area contributed by atoms with Gasteiger partial charge in [-0.05, 0) is 25.5 Å². The number of likely N-dealkylation sites (tertiary alicyclic amines) is 1. The first-order valence-corrected chi connectivity index (χ1v) is 13.2. The molecule has 3 amide bonds. The van der Waals surface area contributed by atoms with Crippen LogP contribution in [0.4, 0.5) is 0 Å². The molecule has 3 rings (SSSR count). The molecule has 0 radical (unpaired) electrons. The summed E-state index contributed by atoms with van der Waals surface area (Å²) >= 11 is 0. The van der Waals surface area contributed by atoms with Crippen molar-refractivity contribution in [2.24, 2.45) is 10.8 Å². The standard InChI is InChI=1S/C25H36N4O5S/c1-17-7-9-18(10-8-17)35(33,34)29-14-12-26-22(31)19(29)15-21(30)27-20-11-13-28(16-25(20,5)6)23(32)24(2,3)4/h7-10,12,14,19-20H,11,13,15-16H2,1-6H3,(H,26,31)(H,27,30)/t19-,20?/m1/s1. The van der Waals surface area contributed by atoms with Crippen LogP contribution in [0.3, 0.4) is 0 Å². The maximum atomic E-state index is 13.2. The second-order valence-electron chi connectivity index (χ2n) is 11.1. The number of piperidine rings is 1. The highest BCUT2D eigenvalue weighted by Crippen LogP contribution is 2.32. The first-order valence-electron chi connectivity index (χ1n) is 11.8. The van der Waals surface area contributed by atoms with Crippen LogP contribution in [-0.4, -0.2) is 60.5 Å². The highest BCUT2D eigenvalue weighted by atomic mass is 32.2. The number of aryl methyl sites for hydroxylation is 1. The van der Waals surface area contributed by atoms with E-state index in [4.69, 9.17) is 0 Å². The molecule has 0 saturated carbocycles. The van der Waals surface area contributed by atoms with Gasteiger partial charge in [-0.3, -0.25) is 18.7 Å². The minimum absolute atomic E-state index is 0.0462. The fraction of sp³-hybridized carbons (Fsp3) is 0.560. The largest absolute Gasteiger partial charge is 0.353 e. The summed E-state index contributed by atoms with van der Waals surface area (Å²) in [6.45, 7) is 12.5. The Hall–Kier alpha value is -2.88. The van der Waals surface area contributed by atoms with Crippen LogP contribution in [-0.2, 0) is 24.4 Å². The van der Waals surface area contributed by atoms with Crippen molar-refractivity contribution in [3.63, 3.8) is 0 Å². The summed E-state index contributed by atoms with van der Waals surface area (Å²) in [7, 11) is -4.03. The van der Waals surface area contributed by atoms with Crippen LogP contribution in [0.5, 0.6) is 0 Å². The van der Waals surface area contributed by atoms with Gasteiger partial charge in [0.1, 0.15) is 6.04 Å². The van der Waals surface area contributed by atoms with Gasteiger partial charge in [0.25, 0.3) is 10.0 Å². The highest BCUT2D eigenvalue weighted by Gasteiger charge is 2.42.